The van der Waals surface area contributed by atoms with Gasteiger partial charge in [-0.15, -0.1) is 0 Å². The van der Waals surface area contributed by atoms with Crippen molar-refractivity contribution in [3.63, 3.8) is 0 Å². The topological polar surface area (TPSA) is 81.6 Å². The number of nitrogens with zero attached hydrogens (tertiary/aromatic N) is 4. The molecule has 0 spiro atoms. The van der Waals surface area contributed by atoms with Crippen LogP contribution in [0.5, 0.6) is 0 Å². The number of rotatable bonds is 6. The third-order valence-electron chi connectivity index (χ3n) is 6.06. The molecule has 9 heteroatoms. The van der Waals surface area contributed by atoms with Crippen LogP contribution in [0.4, 0.5) is 17.5 Å². The molecule has 2 aromatic rings. The number of aromatic nitrogens is 2. The van der Waals surface area contributed by atoms with Crippen molar-refractivity contribution in [1.29, 1.82) is 0 Å². The van der Waals surface area contributed by atoms with Crippen molar-refractivity contribution < 1.29 is 9.32 Å². The Hall–Kier alpha value is -1.90. The first-order valence-corrected chi connectivity index (χ1v) is 12.5. The van der Waals surface area contributed by atoms with E-state index in [1.54, 1.807) is 0 Å². The number of aliphatic hydroxyl groups is 1. The van der Waals surface area contributed by atoms with Crippen LogP contribution in [-0.4, -0.2) is 63.9 Å². The van der Waals surface area contributed by atoms with Gasteiger partial charge in [-0.1, -0.05) is 25.4 Å². The van der Waals surface area contributed by atoms with Gasteiger partial charge in [-0.25, -0.2) is 4.98 Å². The Morgan fingerprint density at radius 2 is 1.90 bits per heavy atom. The van der Waals surface area contributed by atoms with Crippen LogP contribution < -0.4 is 15.1 Å². The fraction of sp³-hybridized carbons (Fsp3) is 0.545. The Morgan fingerprint density at radius 1 is 1.19 bits per heavy atom. The Labute approximate surface area is 191 Å². The molecule has 0 bridgehead atoms. The zero-order valence-electron chi connectivity index (χ0n) is 18.3. The maximum absolute atomic E-state index is 12.6. The van der Waals surface area contributed by atoms with Crippen molar-refractivity contribution in [3.05, 3.63) is 34.5 Å². The van der Waals surface area contributed by atoms with Crippen molar-refractivity contribution in [2.24, 2.45) is 5.92 Å². The minimum Gasteiger partial charge on any atom is -0.394 e. The molecule has 2 aliphatic heterocycles. The molecule has 1 aromatic carbocycles. The molecule has 4 rings (SSSR count). The van der Waals surface area contributed by atoms with Gasteiger partial charge in [0, 0.05) is 49.1 Å². The van der Waals surface area contributed by atoms with Gasteiger partial charge in [0.25, 0.3) is 0 Å². The van der Waals surface area contributed by atoms with Gasteiger partial charge in [0.05, 0.1) is 29.1 Å². The lowest BCUT2D eigenvalue weighted by atomic mass is 10.1. The number of hydrogen-bond donors (Lipinski definition) is 2. The Kier molecular flexibility index (Phi) is 6.69. The van der Waals surface area contributed by atoms with E-state index in [0.29, 0.717) is 28.8 Å². The Bertz CT molecular complexity index is 979. The summed E-state index contributed by atoms with van der Waals surface area (Å²) in [5.41, 5.74) is 3.24. The average Bonchev–Trinajstić information content (AvgIpc) is 3.13. The fourth-order valence-electron chi connectivity index (χ4n) is 4.14. The van der Waals surface area contributed by atoms with Gasteiger partial charge < -0.3 is 20.2 Å². The van der Waals surface area contributed by atoms with E-state index in [1.807, 2.05) is 26.0 Å². The zero-order chi connectivity index (χ0) is 22.1. The second-order valence-corrected chi connectivity index (χ2v) is 10.5. The van der Waals surface area contributed by atoms with E-state index >= 15 is 0 Å². The highest BCUT2D eigenvalue weighted by molar-refractivity contribution is 7.85. The summed E-state index contributed by atoms with van der Waals surface area (Å²) in [4.78, 5) is 14.8. The van der Waals surface area contributed by atoms with Gasteiger partial charge in [0.15, 0.2) is 0 Å². The minimum atomic E-state index is -1.10. The van der Waals surface area contributed by atoms with E-state index < -0.39 is 10.8 Å². The molecule has 2 N–H and O–H groups in total. The lowest BCUT2D eigenvalue weighted by Gasteiger charge is -2.37. The maximum atomic E-state index is 12.6. The molecule has 0 aliphatic carbocycles. The number of nitrogens with one attached hydrogen (secondary N) is 1. The van der Waals surface area contributed by atoms with Crippen LogP contribution in [0, 0.1) is 12.8 Å². The number of anilines is 3. The van der Waals surface area contributed by atoms with Crippen LogP contribution in [0.15, 0.2) is 23.1 Å². The first kappa shape index (κ1) is 22.3. The number of hydrogen-bond acceptors (Lipinski definition) is 7. The SMILES string of the molecule is Cc1cc(Cl)ccc1N1CCN(c2nc3c(c(N[C@@H](CO)C(C)C)n2)S(=O)CC3)CC1. The molecular weight excluding hydrogens is 434 g/mol. The Balaban J connectivity index is 1.55. The first-order valence-electron chi connectivity index (χ1n) is 10.8. The zero-order valence-corrected chi connectivity index (χ0v) is 19.8. The summed E-state index contributed by atoms with van der Waals surface area (Å²) in [6, 6.07) is 5.87. The van der Waals surface area contributed by atoms with Crippen LogP contribution in [0.3, 0.4) is 0 Å². The third kappa shape index (κ3) is 4.66. The predicted octanol–water partition coefficient (Wildman–Crippen LogP) is 2.86. The number of fused-ring (bicyclic) bond motifs is 1. The summed E-state index contributed by atoms with van der Waals surface area (Å²) in [7, 11) is -1.10. The highest BCUT2D eigenvalue weighted by atomic mass is 35.5. The summed E-state index contributed by atoms with van der Waals surface area (Å²) in [5, 5.41) is 13.9. The van der Waals surface area contributed by atoms with Crippen molar-refractivity contribution >= 4 is 39.9 Å². The summed E-state index contributed by atoms with van der Waals surface area (Å²) in [5.74, 6) is 2.09. The van der Waals surface area contributed by atoms with Crippen LogP contribution in [0.2, 0.25) is 5.02 Å². The van der Waals surface area contributed by atoms with Gasteiger partial charge in [0.1, 0.15) is 10.7 Å². The number of piperazine rings is 1. The molecule has 1 aromatic heterocycles. The lowest BCUT2D eigenvalue weighted by molar-refractivity contribution is 0.249. The molecule has 3 heterocycles. The van der Waals surface area contributed by atoms with E-state index in [0.717, 1.165) is 36.9 Å². The molecule has 2 atom stereocenters. The Morgan fingerprint density at radius 3 is 2.55 bits per heavy atom. The molecule has 0 radical (unpaired) electrons. The highest BCUT2D eigenvalue weighted by Gasteiger charge is 2.29. The molecule has 31 heavy (non-hydrogen) atoms. The molecule has 1 saturated heterocycles. The van der Waals surface area contributed by atoms with Crippen molar-refractivity contribution in [2.45, 2.75) is 38.1 Å². The second kappa shape index (κ2) is 9.30. The predicted molar refractivity (Wildman–Crippen MR) is 127 cm³/mol. The molecule has 0 saturated carbocycles. The highest BCUT2D eigenvalue weighted by Crippen LogP contribution is 2.31. The van der Waals surface area contributed by atoms with Crippen LogP contribution in [0.1, 0.15) is 25.1 Å². The first-order chi connectivity index (χ1) is 14.9. The van der Waals surface area contributed by atoms with Gasteiger partial charge in [-0.2, -0.15) is 4.98 Å². The number of benzene rings is 1. The summed E-state index contributed by atoms with van der Waals surface area (Å²) in [6.07, 6.45) is 0.696. The summed E-state index contributed by atoms with van der Waals surface area (Å²) < 4.78 is 12.6. The van der Waals surface area contributed by atoms with Gasteiger partial charge in [-0.3, -0.25) is 4.21 Å². The third-order valence-corrected chi connectivity index (χ3v) is 7.76. The fourth-order valence-corrected chi connectivity index (χ4v) is 5.68. The molecular formula is C22H30ClN5O2S. The maximum Gasteiger partial charge on any atom is 0.227 e. The quantitative estimate of drug-likeness (QED) is 0.681. The standard InChI is InChI=1S/C22H30ClN5O2S/c1-14(2)18(13-29)24-21-20-17(6-11-31(20)30)25-22(26-21)28-9-7-27(8-10-28)19-5-4-16(23)12-15(19)3/h4-5,12,14,18,29H,6-11,13H2,1-3H3,(H,24,25,26)/t18-,31?/m0/s1. The number of aryl methyl sites for hydroxylation is 2. The monoisotopic (exact) mass is 463 g/mol. The van der Waals surface area contributed by atoms with Crippen molar-refractivity contribution in [2.75, 3.05) is 53.7 Å². The van der Waals surface area contributed by atoms with E-state index in [9.17, 15) is 9.32 Å². The normalized spacial score (nSPS) is 19.6. The van der Waals surface area contributed by atoms with E-state index in [4.69, 9.17) is 21.6 Å². The van der Waals surface area contributed by atoms with E-state index in [1.165, 1.54) is 11.3 Å². The molecule has 7 nitrogen and oxygen atoms in total. The molecule has 0 amide bonds. The van der Waals surface area contributed by atoms with Crippen molar-refractivity contribution in [1.82, 2.24) is 9.97 Å². The van der Waals surface area contributed by atoms with Gasteiger partial charge in [-0.05, 0) is 36.6 Å². The number of halogens is 1. The molecule has 168 valence electrons. The van der Waals surface area contributed by atoms with Gasteiger partial charge in [0.2, 0.25) is 5.95 Å². The second-order valence-electron chi connectivity index (χ2n) is 8.53. The smallest absolute Gasteiger partial charge is 0.227 e. The summed E-state index contributed by atoms with van der Waals surface area (Å²) >= 11 is 6.11. The average molecular weight is 464 g/mol. The van der Waals surface area contributed by atoms with Crippen molar-refractivity contribution in [3.8, 4) is 0 Å². The minimum absolute atomic E-state index is 0.00245. The van der Waals surface area contributed by atoms with E-state index in [2.05, 4.69) is 28.1 Å². The number of aliphatic hydroxyl groups excluding tert-OH is 1. The van der Waals surface area contributed by atoms with E-state index in [-0.39, 0.29) is 18.6 Å². The van der Waals surface area contributed by atoms with Crippen LogP contribution in [-0.2, 0) is 17.2 Å². The van der Waals surface area contributed by atoms with Crippen LogP contribution in [0.25, 0.3) is 0 Å². The van der Waals surface area contributed by atoms with Gasteiger partial charge >= 0.3 is 0 Å². The molecule has 1 fully saturated rings. The lowest BCUT2D eigenvalue weighted by Crippen LogP contribution is -2.47. The molecule has 1 unspecified atom stereocenters. The molecule has 2 aliphatic rings. The largest absolute Gasteiger partial charge is 0.394 e. The summed E-state index contributed by atoms with van der Waals surface area (Å²) in [6.45, 7) is 9.51. The van der Waals surface area contributed by atoms with Crippen LogP contribution >= 0.6 is 11.6 Å².